The third kappa shape index (κ3) is 6.51. The average Bonchev–Trinajstić information content (AvgIpc) is 2.15. The number of terminal acetylenes is 1. The van der Waals surface area contributed by atoms with E-state index in [1.165, 1.54) is 18.3 Å². The van der Waals surface area contributed by atoms with Crippen LogP contribution in [0.3, 0.4) is 0 Å². The molecule has 6 heteroatoms. The van der Waals surface area contributed by atoms with Crippen LogP contribution < -0.4 is 51.4 Å². The van der Waals surface area contributed by atoms with Crippen LogP contribution in [0.4, 0.5) is 12.9 Å². The SMILES string of the molecule is C#CCc1cc(/C=C/[B-](F)(F)F)ccn1.[K+]. The summed E-state index contributed by atoms with van der Waals surface area (Å²) in [5, 5.41) is 0. The molecule has 0 aliphatic carbocycles. The van der Waals surface area contributed by atoms with Crippen LogP contribution in [0.2, 0.25) is 0 Å². The molecule has 0 fully saturated rings. The summed E-state index contributed by atoms with van der Waals surface area (Å²) in [6.45, 7) is -4.89. The van der Waals surface area contributed by atoms with Crippen molar-refractivity contribution in [2.45, 2.75) is 6.42 Å². The minimum Gasteiger partial charge on any atom is -0.445 e. The fourth-order valence-electron chi connectivity index (χ4n) is 1.02. The number of nitrogens with zero attached hydrogens (tertiary/aromatic N) is 1. The van der Waals surface area contributed by atoms with E-state index in [0.29, 0.717) is 17.7 Å². The Morgan fingerprint density at radius 3 is 2.69 bits per heavy atom. The van der Waals surface area contributed by atoms with Gasteiger partial charge in [-0.3, -0.25) is 4.98 Å². The van der Waals surface area contributed by atoms with Gasteiger partial charge in [0.15, 0.2) is 0 Å². The second-order valence-corrected chi connectivity index (χ2v) is 2.95. The molecule has 0 saturated heterocycles. The first-order chi connectivity index (χ1) is 7.01. The van der Waals surface area contributed by atoms with E-state index in [1.54, 1.807) is 0 Å². The molecule has 1 aromatic heterocycles. The minimum atomic E-state index is -4.89. The number of rotatable bonds is 3. The number of hydrogen-bond acceptors (Lipinski definition) is 1. The maximum atomic E-state index is 11.9. The van der Waals surface area contributed by atoms with Crippen LogP contribution >= 0.6 is 0 Å². The van der Waals surface area contributed by atoms with Crippen molar-refractivity contribution >= 4 is 13.1 Å². The molecule has 0 aliphatic rings. The summed E-state index contributed by atoms with van der Waals surface area (Å²) < 4.78 is 35.8. The van der Waals surface area contributed by atoms with Crippen molar-refractivity contribution in [1.82, 2.24) is 4.98 Å². The van der Waals surface area contributed by atoms with E-state index >= 15 is 0 Å². The zero-order valence-electron chi connectivity index (χ0n) is 8.83. The number of pyridine rings is 1. The Bertz CT molecular complexity index is 409. The van der Waals surface area contributed by atoms with Gasteiger partial charge in [-0.05, 0) is 17.7 Å². The molecule has 0 aliphatic heterocycles. The second kappa shape index (κ2) is 7.30. The van der Waals surface area contributed by atoms with Crippen molar-refractivity contribution < 1.29 is 64.3 Å². The van der Waals surface area contributed by atoms with Gasteiger partial charge in [-0.25, -0.2) is 0 Å². The van der Waals surface area contributed by atoms with Gasteiger partial charge in [0.05, 0.1) is 12.1 Å². The normalized spacial score (nSPS) is 10.9. The Morgan fingerprint density at radius 1 is 1.44 bits per heavy atom. The largest absolute Gasteiger partial charge is 1.00 e. The van der Waals surface area contributed by atoms with Gasteiger partial charge in [-0.1, -0.05) is 6.08 Å². The van der Waals surface area contributed by atoms with Crippen LogP contribution in [0.25, 0.3) is 6.08 Å². The molecule has 78 valence electrons. The molecule has 0 saturated carbocycles. The summed E-state index contributed by atoms with van der Waals surface area (Å²) >= 11 is 0. The van der Waals surface area contributed by atoms with Crippen molar-refractivity contribution in [3.8, 4) is 12.3 Å². The van der Waals surface area contributed by atoms with Crippen LogP contribution in [0.15, 0.2) is 24.3 Å². The summed E-state index contributed by atoms with van der Waals surface area (Å²) in [5.74, 6) is 2.62. The van der Waals surface area contributed by atoms with Gasteiger partial charge in [0, 0.05) is 6.20 Å². The Kier molecular flexibility index (Phi) is 7.28. The van der Waals surface area contributed by atoms with Gasteiger partial charge in [-0.15, -0.1) is 18.3 Å². The zero-order chi connectivity index (χ0) is 11.3. The van der Waals surface area contributed by atoms with E-state index in [-0.39, 0.29) is 57.4 Å². The molecule has 1 aromatic rings. The fraction of sp³-hybridized carbons (Fsp3) is 0.100. The van der Waals surface area contributed by atoms with Crippen LogP contribution in [-0.4, -0.2) is 12.0 Å². The quantitative estimate of drug-likeness (QED) is 0.527. The van der Waals surface area contributed by atoms with Gasteiger partial charge in [0.25, 0.3) is 0 Å². The van der Waals surface area contributed by atoms with E-state index in [1.807, 2.05) is 0 Å². The van der Waals surface area contributed by atoms with Crippen molar-refractivity contribution in [2.24, 2.45) is 0 Å². The Balaban J connectivity index is 0.00000225. The number of halogens is 3. The Morgan fingerprint density at radius 2 is 2.12 bits per heavy atom. The first-order valence-electron chi connectivity index (χ1n) is 4.29. The average molecular weight is 249 g/mol. The molecule has 0 spiro atoms. The van der Waals surface area contributed by atoms with Gasteiger partial charge in [0.2, 0.25) is 0 Å². The summed E-state index contributed by atoms with van der Waals surface area (Å²) in [5.41, 5.74) is 1.05. The smallest absolute Gasteiger partial charge is 0.445 e. The molecule has 1 nitrogen and oxygen atoms in total. The molecule has 0 radical (unpaired) electrons. The van der Waals surface area contributed by atoms with Gasteiger partial charge in [0.1, 0.15) is 0 Å². The second-order valence-electron chi connectivity index (χ2n) is 2.95. The molecule has 1 rings (SSSR count). The maximum Gasteiger partial charge on any atom is 1.00 e. The predicted molar refractivity (Wildman–Crippen MR) is 54.9 cm³/mol. The Labute approximate surface area is 135 Å². The number of aromatic nitrogens is 1. The molecule has 1 heterocycles. The van der Waals surface area contributed by atoms with E-state index in [0.717, 1.165) is 6.08 Å². The van der Waals surface area contributed by atoms with E-state index in [2.05, 4.69) is 10.9 Å². The number of hydrogen-bond donors (Lipinski definition) is 0. The fourth-order valence-corrected chi connectivity index (χ4v) is 1.02. The molecule has 0 aromatic carbocycles. The first kappa shape index (κ1) is 15.9. The molecular formula is C10H8BF3KN. The van der Waals surface area contributed by atoms with E-state index < -0.39 is 6.98 Å². The van der Waals surface area contributed by atoms with Crippen LogP contribution in [0, 0.1) is 12.3 Å². The monoisotopic (exact) mass is 249 g/mol. The third-order valence-corrected chi connectivity index (χ3v) is 1.63. The summed E-state index contributed by atoms with van der Waals surface area (Å²) in [4.78, 5) is 3.92. The van der Waals surface area contributed by atoms with Crippen molar-refractivity contribution in [2.75, 3.05) is 0 Å². The van der Waals surface area contributed by atoms with Gasteiger partial charge in [-0.2, -0.15) is 0 Å². The minimum absolute atomic E-state index is 0. The molecule has 0 unspecified atom stereocenters. The molecule has 16 heavy (non-hydrogen) atoms. The third-order valence-electron chi connectivity index (χ3n) is 1.63. The van der Waals surface area contributed by atoms with Gasteiger partial charge >= 0.3 is 58.4 Å². The molecular weight excluding hydrogens is 241 g/mol. The molecule has 0 N–H and O–H groups in total. The summed E-state index contributed by atoms with van der Waals surface area (Å²) in [7, 11) is 0. The predicted octanol–water partition coefficient (Wildman–Crippen LogP) is -0.339. The first-order valence-corrected chi connectivity index (χ1v) is 4.29. The Hall–Kier alpha value is -0.0587. The van der Waals surface area contributed by atoms with E-state index in [9.17, 15) is 12.9 Å². The van der Waals surface area contributed by atoms with Crippen molar-refractivity contribution in [3.05, 3.63) is 35.6 Å². The van der Waals surface area contributed by atoms with Crippen LogP contribution in [-0.2, 0) is 6.42 Å². The molecule has 0 bridgehead atoms. The molecule has 0 atom stereocenters. The molecule has 0 amide bonds. The zero-order valence-corrected chi connectivity index (χ0v) is 12.0. The van der Waals surface area contributed by atoms with E-state index in [4.69, 9.17) is 6.42 Å². The van der Waals surface area contributed by atoms with Crippen molar-refractivity contribution in [1.29, 1.82) is 0 Å². The standard InChI is InChI=1S/C10H8BF3N.K/c1-2-3-10-8-9(5-7-15-10)4-6-11(12,13)14;/h1,4-8H,3H2;/q-1;+1/b6-4+;. The summed E-state index contributed by atoms with van der Waals surface area (Å²) in [6, 6.07) is 3.04. The van der Waals surface area contributed by atoms with Crippen LogP contribution in [0.1, 0.15) is 11.3 Å². The maximum absolute atomic E-state index is 11.9. The topological polar surface area (TPSA) is 12.9 Å². The van der Waals surface area contributed by atoms with Gasteiger partial charge < -0.3 is 12.9 Å². The summed E-state index contributed by atoms with van der Waals surface area (Å²) in [6.07, 6.45) is 7.84. The van der Waals surface area contributed by atoms with Crippen molar-refractivity contribution in [3.63, 3.8) is 0 Å². The van der Waals surface area contributed by atoms with Crippen LogP contribution in [0.5, 0.6) is 0 Å².